The average molecular weight is 406 g/mol. The Morgan fingerprint density at radius 1 is 1.04 bits per heavy atom. The number of nitrogens with zero attached hydrogens (tertiary/aromatic N) is 1. The normalized spacial score (nSPS) is 12.1. The van der Waals surface area contributed by atoms with Crippen molar-refractivity contribution in [1.29, 1.82) is 0 Å². The summed E-state index contributed by atoms with van der Waals surface area (Å²) in [5.41, 5.74) is 2.34. The van der Waals surface area contributed by atoms with Gasteiger partial charge < -0.3 is 9.84 Å². The van der Waals surface area contributed by atoms with Crippen LogP contribution in [0.1, 0.15) is 61.5 Å². The quantitative estimate of drug-likeness (QED) is 0.610. The van der Waals surface area contributed by atoms with Gasteiger partial charge in [0.05, 0.1) is 12.7 Å². The number of carbonyl (C=O) groups excluding carboxylic acids is 1. The zero-order chi connectivity index (χ0) is 20.0. The van der Waals surface area contributed by atoms with Crippen molar-refractivity contribution in [2.75, 3.05) is 13.7 Å². The van der Waals surface area contributed by atoms with Crippen molar-refractivity contribution in [1.82, 2.24) is 4.90 Å². The van der Waals surface area contributed by atoms with Gasteiger partial charge in [0.1, 0.15) is 5.75 Å². The Bertz CT molecular complexity index is 739. The number of carbonyl (C=O) groups is 1. The van der Waals surface area contributed by atoms with Gasteiger partial charge in [-0.15, -0.1) is 12.4 Å². The molecule has 0 aliphatic rings. The molecule has 2 aromatic carbocycles. The number of ether oxygens (including phenoxy) is 1. The maximum Gasteiger partial charge on any atom is 0.337 e. The maximum atomic E-state index is 12.0. The number of rotatable bonds is 8. The first kappa shape index (κ1) is 24.0. The van der Waals surface area contributed by atoms with Crippen molar-refractivity contribution in [2.24, 2.45) is 0 Å². The Labute approximate surface area is 174 Å². The van der Waals surface area contributed by atoms with Crippen molar-refractivity contribution in [3.8, 4) is 5.75 Å². The average Bonchev–Trinajstić information content (AvgIpc) is 2.65. The number of phenolic OH excluding ortho intramolecular Hbond substituents is 1. The highest BCUT2D eigenvalue weighted by Crippen LogP contribution is 2.35. The summed E-state index contributed by atoms with van der Waals surface area (Å²) in [6.07, 6.45) is 0.846. The molecule has 0 aliphatic heterocycles. The molecule has 0 amide bonds. The van der Waals surface area contributed by atoms with E-state index < -0.39 is 5.97 Å². The molecule has 0 heterocycles. The molecule has 0 bridgehead atoms. The lowest BCUT2D eigenvalue weighted by Crippen LogP contribution is -2.38. The van der Waals surface area contributed by atoms with Gasteiger partial charge in [-0.2, -0.15) is 0 Å². The highest BCUT2D eigenvalue weighted by Gasteiger charge is 2.22. The van der Waals surface area contributed by atoms with E-state index in [0.717, 1.165) is 24.1 Å². The fraction of sp³-hybridized carbons (Fsp3) is 0.435. The molecule has 0 aliphatic carbocycles. The summed E-state index contributed by atoms with van der Waals surface area (Å²) in [4.78, 5) is 14.4. The largest absolute Gasteiger partial charge is 0.508 e. The molecule has 4 nitrogen and oxygen atoms in total. The van der Waals surface area contributed by atoms with Crippen LogP contribution in [0.15, 0.2) is 48.5 Å². The minimum Gasteiger partial charge on any atom is -0.508 e. The number of halogens is 1. The smallest absolute Gasteiger partial charge is 0.337 e. The van der Waals surface area contributed by atoms with Gasteiger partial charge in [-0.1, -0.05) is 30.3 Å². The number of hydrogen-bond acceptors (Lipinski definition) is 4. The van der Waals surface area contributed by atoms with E-state index in [1.165, 1.54) is 7.11 Å². The van der Waals surface area contributed by atoms with Crippen LogP contribution in [0.2, 0.25) is 0 Å². The van der Waals surface area contributed by atoms with Gasteiger partial charge in [0.15, 0.2) is 0 Å². The molecular weight excluding hydrogens is 374 g/mol. The van der Waals surface area contributed by atoms with Gasteiger partial charge in [-0.05, 0) is 64.4 Å². The number of phenols is 1. The van der Waals surface area contributed by atoms with Crippen LogP contribution in [0, 0.1) is 0 Å². The minimum atomic E-state index is -0.394. The number of aromatic hydroxyl groups is 1. The van der Waals surface area contributed by atoms with Gasteiger partial charge in [0.25, 0.3) is 0 Å². The van der Waals surface area contributed by atoms with Crippen LogP contribution in [0.3, 0.4) is 0 Å². The predicted octanol–water partition coefficient (Wildman–Crippen LogP) is 5.24. The van der Waals surface area contributed by atoms with E-state index in [-0.39, 0.29) is 24.1 Å². The zero-order valence-corrected chi connectivity index (χ0v) is 18.2. The number of hydrogen-bond donors (Lipinski definition) is 1. The highest BCUT2D eigenvalue weighted by molar-refractivity contribution is 5.89. The van der Waals surface area contributed by atoms with Gasteiger partial charge in [-0.3, -0.25) is 4.90 Å². The number of esters is 1. The van der Waals surface area contributed by atoms with Crippen LogP contribution in [-0.2, 0) is 4.74 Å². The molecule has 28 heavy (non-hydrogen) atoms. The van der Waals surface area contributed by atoms with E-state index in [0.29, 0.717) is 17.6 Å². The lowest BCUT2D eigenvalue weighted by molar-refractivity contribution is 0.0600. The first-order valence-corrected chi connectivity index (χ1v) is 9.57. The van der Waals surface area contributed by atoms with Crippen molar-refractivity contribution in [2.45, 2.75) is 52.1 Å². The van der Waals surface area contributed by atoms with E-state index in [1.807, 2.05) is 18.2 Å². The van der Waals surface area contributed by atoms with E-state index in [4.69, 9.17) is 4.74 Å². The topological polar surface area (TPSA) is 49.8 Å². The standard InChI is InChI=1S/C23H31NO3.ClH/c1-16(2)24(17(3)4)14-13-20(18-9-7-6-8-10-18)21-15-19(23(26)27-5)11-12-22(21)25;/h6-12,15-17,20,25H,13-14H2,1-5H3;1H/t20-;/m1./s1. The summed E-state index contributed by atoms with van der Waals surface area (Å²) in [6, 6.07) is 16.0. The van der Waals surface area contributed by atoms with Crippen molar-refractivity contribution in [3.63, 3.8) is 0 Å². The lowest BCUT2D eigenvalue weighted by Gasteiger charge is -2.32. The minimum absolute atomic E-state index is 0. The molecule has 154 valence electrons. The molecule has 0 aromatic heterocycles. The number of methoxy groups -OCH3 is 1. The third-order valence-electron chi connectivity index (χ3n) is 5.03. The highest BCUT2D eigenvalue weighted by atomic mass is 35.5. The Kier molecular flexibility index (Phi) is 9.50. The molecule has 1 atom stereocenters. The molecule has 0 radical (unpaired) electrons. The first-order valence-electron chi connectivity index (χ1n) is 9.57. The van der Waals surface area contributed by atoms with Gasteiger partial charge in [0, 0.05) is 23.6 Å². The third-order valence-corrected chi connectivity index (χ3v) is 5.03. The van der Waals surface area contributed by atoms with Gasteiger partial charge >= 0.3 is 5.97 Å². The summed E-state index contributed by atoms with van der Waals surface area (Å²) < 4.78 is 4.85. The van der Waals surface area contributed by atoms with Gasteiger partial charge in [-0.25, -0.2) is 4.79 Å². The predicted molar refractivity (Wildman–Crippen MR) is 117 cm³/mol. The SMILES string of the molecule is COC(=O)c1ccc(O)c([C@H](CCN(C(C)C)C(C)C)c2ccccc2)c1.Cl. The summed E-state index contributed by atoms with van der Waals surface area (Å²) in [5, 5.41) is 10.5. The summed E-state index contributed by atoms with van der Waals surface area (Å²) in [6.45, 7) is 9.70. The van der Waals surface area contributed by atoms with Crippen molar-refractivity contribution >= 4 is 18.4 Å². The second-order valence-electron chi connectivity index (χ2n) is 7.44. The molecule has 2 rings (SSSR count). The molecule has 1 N–H and O–H groups in total. The van der Waals surface area contributed by atoms with Crippen LogP contribution in [0.25, 0.3) is 0 Å². The molecule has 0 spiro atoms. The zero-order valence-electron chi connectivity index (χ0n) is 17.4. The molecule has 5 heteroatoms. The monoisotopic (exact) mass is 405 g/mol. The second kappa shape index (κ2) is 11.1. The fourth-order valence-corrected chi connectivity index (χ4v) is 3.66. The van der Waals surface area contributed by atoms with Crippen molar-refractivity contribution < 1.29 is 14.6 Å². The molecule has 0 saturated carbocycles. The van der Waals surface area contributed by atoms with Crippen LogP contribution < -0.4 is 0 Å². The van der Waals surface area contributed by atoms with E-state index in [9.17, 15) is 9.90 Å². The molecule has 2 aromatic rings. The van der Waals surface area contributed by atoms with Crippen LogP contribution in [0.4, 0.5) is 0 Å². The molecule has 0 saturated heterocycles. The van der Waals surface area contributed by atoms with Crippen LogP contribution >= 0.6 is 12.4 Å². The number of benzene rings is 2. The first-order chi connectivity index (χ1) is 12.8. The Morgan fingerprint density at radius 2 is 1.64 bits per heavy atom. The van der Waals surface area contributed by atoms with Crippen molar-refractivity contribution in [3.05, 3.63) is 65.2 Å². The Balaban J connectivity index is 0.00000392. The molecule has 0 fully saturated rings. The van der Waals surface area contributed by atoms with Crippen LogP contribution in [0.5, 0.6) is 5.75 Å². The second-order valence-corrected chi connectivity index (χ2v) is 7.44. The third kappa shape index (κ3) is 5.98. The lowest BCUT2D eigenvalue weighted by atomic mass is 9.86. The van der Waals surface area contributed by atoms with E-state index >= 15 is 0 Å². The summed E-state index contributed by atoms with van der Waals surface area (Å²) in [5.74, 6) is -0.193. The molecule has 0 unspecified atom stereocenters. The fourth-order valence-electron chi connectivity index (χ4n) is 3.66. The maximum absolute atomic E-state index is 12.0. The summed E-state index contributed by atoms with van der Waals surface area (Å²) in [7, 11) is 1.37. The Hall–Kier alpha value is -2.04. The summed E-state index contributed by atoms with van der Waals surface area (Å²) >= 11 is 0. The van der Waals surface area contributed by atoms with E-state index in [2.05, 4.69) is 44.7 Å². The Morgan fingerprint density at radius 3 is 2.18 bits per heavy atom. The van der Waals surface area contributed by atoms with E-state index in [1.54, 1.807) is 18.2 Å². The van der Waals surface area contributed by atoms with Crippen LogP contribution in [-0.4, -0.2) is 41.7 Å². The van der Waals surface area contributed by atoms with Gasteiger partial charge in [0.2, 0.25) is 0 Å². The molecular formula is C23H32ClNO3.